The molecule has 1 heterocycles. The molecule has 0 radical (unpaired) electrons. The van der Waals surface area contributed by atoms with E-state index >= 15 is 0 Å². The van der Waals surface area contributed by atoms with E-state index < -0.39 is 18.2 Å². The van der Waals surface area contributed by atoms with Gasteiger partial charge in [-0.1, -0.05) is 12.1 Å². The van der Waals surface area contributed by atoms with Crippen molar-refractivity contribution >= 4 is 12.1 Å². The van der Waals surface area contributed by atoms with Gasteiger partial charge >= 0.3 is 12.1 Å². The van der Waals surface area contributed by atoms with Crippen LogP contribution in [-0.4, -0.2) is 53.5 Å². The van der Waals surface area contributed by atoms with Gasteiger partial charge in [0.15, 0.2) is 0 Å². The Hall–Kier alpha value is -2.08. The molecule has 2 unspecified atom stereocenters. The molecule has 2 N–H and O–H groups in total. The molecule has 1 aliphatic heterocycles. The maximum Gasteiger partial charge on any atom is 0.407 e. The molecule has 1 saturated heterocycles. The SMILES string of the molecule is COC(=O)c1ccc(C2CN(C(=O)O)CCC2O)cc1. The van der Waals surface area contributed by atoms with Gasteiger partial charge in [0.25, 0.3) is 0 Å². The molecule has 0 saturated carbocycles. The first-order valence-corrected chi connectivity index (χ1v) is 6.37. The Labute approximate surface area is 116 Å². The monoisotopic (exact) mass is 279 g/mol. The second-order valence-corrected chi connectivity index (χ2v) is 4.80. The molecule has 0 aliphatic carbocycles. The third-order valence-corrected chi connectivity index (χ3v) is 3.61. The van der Waals surface area contributed by atoms with E-state index in [4.69, 9.17) is 5.11 Å². The van der Waals surface area contributed by atoms with Crippen molar-refractivity contribution < 1.29 is 24.5 Å². The molecular weight excluding hydrogens is 262 g/mol. The zero-order valence-corrected chi connectivity index (χ0v) is 11.2. The lowest BCUT2D eigenvalue weighted by molar-refractivity contribution is 0.0586. The molecule has 1 aliphatic rings. The van der Waals surface area contributed by atoms with E-state index in [1.54, 1.807) is 24.3 Å². The summed E-state index contributed by atoms with van der Waals surface area (Å²) in [5.41, 5.74) is 1.24. The van der Waals surface area contributed by atoms with Crippen LogP contribution in [0.1, 0.15) is 28.3 Å². The minimum Gasteiger partial charge on any atom is -0.465 e. The van der Waals surface area contributed by atoms with Gasteiger partial charge in [-0.2, -0.15) is 0 Å². The molecule has 6 heteroatoms. The maximum absolute atomic E-state index is 11.3. The summed E-state index contributed by atoms with van der Waals surface area (Å²) in [7, 11) is 1.31. The molecule has 1 aromatic carbocycles. The summed E-state index contributed by atoms with van der Waals surface area (Å²) in [6.07, 6.45) is -1.14. The van der Waals surface area contributed by atoms with Crippen LogP contribution in [0.3, 0.4) is 0 Å². The minimum absolute atomic E-state index is 0.258. The van der Waals surface area contributed by atoms with Gasteiger partial charge in [0, 0.05) is 19.0 Å². The van der Waals surface area contributed by atoms with E-state index in [0.717, 1.165) is 5.56 Å². The van der Waals surface area contributed by atoms with E-state index in [-0.39, 0.29) is 12.5 Å². The van der Waals surface area contributed by atoms with Crippen molar-refractivity contribution in [1.29, 1.82) is 0 Å². The molecule has 6 nitrogen and oxygen atoms in total. The van der Waals surface area contributed by atoms with Crippen LogP contribution >= 0.6 is 0 Å². The number of piperidine rings is 1. The predicted molar refractivity (Wildman–Crippen MR) is 70.7 cm³/mol. The molecule has 1 aromatic rings. The molecule has 0 aromatic heterocycles. The number of carbonyl (C=O) groups excluding carboxylic acids is 1. The number of carbonyl (C=O) groups is 2. The first-order chi connectivity index (χ1) is 9.52. The standard InChI is InChI=1S/C14H17NO5/c1-20-13(17)10-4-2-9(3-5-10)11-8-15(14(18)19)7-6-12(11)16/h2-5,11-12,16H,6-8H2,1H3,(H,18,19). The molecule has 0 bridgehead atoms. The lowest BCUT2D eigenvalue weighted by Gasteiger charge is -2.34. The third kappa shape index (κ3) is 2.91. The number of amides is 1. The van der Waals surface area contributed by atoms with E-state index in [0.29, 0.717) is 18.5 Å². The number of methoxy groups -OCH3 is 1. The van der Waals surface area contributed by atoms with Gasteiger partial charge in [0.1, 0.15) is 0 Å². The molecule has 2 atom stereocenters. The smallest absolute Gasteiger partial charge is 0.407 e. The lowest BCUT2D eigenvalue weighted by atomic mass is 9.88. The number of nitrogens with zero attached hydrogens (tertiary/aromatic N) is 1. The lowest BCUT2D eigenvalue weighted by Crippen LogP contribution is -2.44. The molecule has 2 rings (SSSR count). The number of aliphatic hydroxyl groups excluding tert-OH is 1. The molecule has 1 fully saturated rings. The van der Waals surface area contributed by atoms with E-state index in [1.165, 1.54) is 12.0 Å². The van der Waals surface area contributed by atoms with E-state index in [9.17, 15) is 14.7 Å². The van der Waals surface area contributed by atoms with Crippen LogP contribution in [0.15, 0.2) is 24.3 Å². The summed E-state index contributed by atoms with van der Waals surface area (Å²) < 4.78 is 4.62. The van der Waals surface area contributed by atoms with Crippen molar-refractivity contribution in [2.75, 3.05) is 20.2 Å². The fourth-order valence-electron chi connectivity index (χ4n) is 2.43. The number of esters is 1. The first kappa shape index (κ1) is 14.3. The number of hydrogen-bond acceptors (Lipinski definition) is 4. The second-order valence-electron chi connectivity index (χ2n) is 4.80. The highest BCUT2D eigenvalue weighted by Gasteiger charge is 2.31. The quantitative estimate of drug-likeness (QED) is 0.797. The highest BCUT2D eigenvalue weighted by atomic mass is 16.5. The summed E-state index contributed by atoms with van der Waals surface area (Å²) >= 11 is 0. The van der Waals surface area contributed by atoms with Crippen LogP contribution in [-0.2, 0) is 4.74 Å². The zero-order chi connectivity index (χ0) is 14.7. The predicted octanol–water partition coefficient (Wildman–Crippen LogP) is 1.30. The Morgan fingerprint density at radius 3 is 2.50 bits per heavy atom. The van der Waals surface area contributed by atoms with Crippen LogP contribution in [0, 0.1) is 0 Å². The fraction of sp³-hybridized carbons (Fsp3) is 0.429. The van der Waals surface area contributed by atoms with Crippen molar-refractivity contribution in [3.05, 3.63) is 35.4 Å². The van der Waals surface area contributed by atoms with Crippen molar-refractivity contribution in [3.8, 4) is 0 Å². The molecule has 20 heavy (non-hydrogen) atoms. The topological polar surface area (TPSA) is 87.1 Å². The minimum atomic E-state index is -0.979. The third-order valence-electron chi connectivity index (χ3n) is 3.61. The number of hydrogen-bond donors (Lipinski definition) is 2. The molecule has 1 amide bonds. The fourth-order valence-corrected chi connectivity index (χ4v) is 2.43. The van der Waals surface area contributed by atoms with Crippen molar-refractivity contribution in [3.63, 3.8) is 0 Å². The number of aliphatic hydroxyl groups is 1. The summed E-state index contributed by atoms with van der Waals surface area (Å²) in [4.78, 5) is 23.6. The Balaban J connectivity index is 2.16. The highest BCUT2D eigenvalue weighted by Crippen LogP contribution is 2.27. The van der Waals surface area contributed by atoms with Crippen molar-refractivity contribution in [2.24, 2.45) is 0 Å². The second kappa shape index (κ2) is 5.92. The molecule has 108 valence electrons. The normalized spacial score (nSPS) is 22.4. The Bertz CT molecular complexity index is 499. The van der Waals surface area contributed by atoms with Crippen LogP contribution in [0.2, 0.25) is 0 Å². The average molecular weight is 279 g/mol. The van der Waals surface area contributed by atoms with Gasteiger partial charge in [-0.3, -0.25) is 0 Å². The number of likely N-dealkylation sites (tertiary alicyclic amines) is 1. The van der Waals surface area contributed by atoms with E-state index in [1.807, 2.05) is 0 Å². The van der Waals surface area contributed by atoms with Crippen LogP contribution < -0.4 is 0 Å². The number of carboxylic acid groups (broad SMARTS) is 1. The Morgan fingerprint density at radius 2 is 1.95 bits per heavy atom. The Morgan fingerprint density at radius 1 is 1.30 bits per heavy atom. The summed E-state index contributed by atoms with van der Waals surface area (Å²) in [6.45, 7) is 0.599. The van der Waals surface area contributed by atoms with Gasteiger partial charge in [0.05, 0.1) is 18.8 Å². The summed E-state index contributed by atoms with van der Waals surface area (Å²) in [5, 5.41) is 19.1. The van der Waals surface area contributed by atoms with E-state index in [2.05, 4.69) is 4.74 Å². The van der Waals surface area contributed by atoms with Gasteiger partial charge in [-0.25, -0.2) is 9.59 Å². The van der Waals surface area contributed by atoms with Crippen LogP contribution in [0.25, 0.3) is 0 Å². The van der Waals surface area contributed by atoms with Gasteiger partial charge < -0.3 is 19.8 Å². The van der Waals surface area contributed by atoms with Crippen molar-refractivity contribution in [1.82, 2.24) is 4.90 Å². The van der Waals surface area contributed by atoms with Crippen molar-refractivity contribution in [2.45, 2.75) is 18.4 Å². The largest absolute Gasteiger partial charge is 0.465 e. The van der Waals surface area contributed by atoms with Gasteiger partial charge in [-0.15, -0.1) is 0 Å². The molecule has 0 spiro atoms. The highest BCUT2D eigenvalue weighted by molar-refractivity contribution is 5.89. The van der Waals surface area contributed by atoms with Crippen LogP contribution in [0.4, 0.5) is 4.79 Å². The average Bonchev–Trinajstić information content (AvgIpc) is 2.47. The zero-order valence-electron chi connectivity index (χ0n) is 11.2. The first-order valence-electron chi connectivity index (χ1n) is 6.37. The van der Waals surface area contributed by atoms with Crippen LogP contribution in [0.5, 0.6) is 0 Å². The number of ether oxygens (including phenoxy) is 1. The number of rotatable bonds is 2. The maximum atomic E-state index is 11.3. The van der Waals surface area contributed by atoms with Gasteiger partial charge in [-0.05, 0) is 24.1 Å². The summed E-state index contributed by atoms with van der Waals surface area (Å²) in [6, 6.07) is 6.69. The summed E-state index contributed by atoms with van der Waals surface area (Å²) in [5.74, 6) is -0.695. The number of benzene rings is 1. The molecular formula is C14H17NO5. The Kier molecular flexibility index (Phi) is 4.24. The van der Waals surface area contributed by atoms with Gasteiger partial charge in [0.2, 0.25) is 0 Å².